The van der Waals surface area contributed by atoms with Crippen LogP contribution in [0, 0.1) is 34.5 Å². The first-order chi connectivity index (χ1) is 16.1. The molecule has 0 N–H and O–H groups in total. The summed E-state index contributed by atoms with van der Waals surface area (Å²) < 4.78 is 10.9. The van der Waals surface area contributed by atoms with E-state index >= 15 is 0 Å². The lowest BCUT2D eigenvalue weighted by molar-refractivity contribution is -0.0944. The topological polar surface area (TPSA) is 65.5 Å². The van der Waals surface area contributed by atoms with E-state index in [1.165, 1.54) is 0 Å². The lowest BCUT2D eigenvalue weighted by atomic mass is 9.43. The molecule has 0 bridgehead atoms. The van der Waals surface area contributed by atoms with E-state index < -0.39 is 0 Å². The Balaban J connectivity index is 1.81. The number of carbonyl (C=O) groups excluding carboxylic acids is 2. The van der Waals surface area contributed by atoms with Gasteiger partial charge in [-0.15, -0.1) is 0 Å². The van der Waals surface area contributed by atoms with Gasteiger partial charge in [0.05, 0.1) is 14.2 Å². The van der Waals surface area contributed by atoms with Crippen LogP contribution >= 0.6 is 0 Å². The summed E-state index contributed by atoms with van der Waals surface area (Å²) in [5.41, 5.74) is 0.948. The Kier molecular flexibility index (Phi) is 6.58. The first-order valence-corrected chi connectivity index (χ1v) is 12.3. The zero-order valence-electron chi connectivity index (χ0n) is 21.3. The average Bonchev–Trinajstić information content (AvgIpc) is 2.82. The number of ketones is 2. The van der Waals surface area contributed by atoms with Crippen LogP contribution in [-0.2, 0) is 0 Å². The van der Waals surface area contributed by atoms with Crippen LogP contribution < -0.4 is 9.47 Å². The molecular weight excluding hydrogens is 426 g/mol. The van der Waals surface area contributed by atoms with E-state index in [0.717, 1.165) is 25.7 Å². The largest absolute Gasteiger partial charge is 0.497 e. The number of hydrogen-bond acceptors (Lipinski definition) is 5. The van der Waals surface area contributed by atoms with Gasteiger partial charge in [0.1, 0.15) is 17.2 Å². The van der Waals surface area contributed by atoms with Gasteiger partial charge in [-0.1, -0.05) is 40.2 Å². The molecule has 0 aliphatic heterocycles. The van der Waals surface area contributed by atoms with Crippen LogP contribution in [0.5, 0.6) is 11.5 Å². The number of pyridine rings is 1. The summed E-state index contributed by atoms with van der Waals surface area (Å²) in [5.74, 6) is 0.965. The maximum atomic E-state index is 14.3. The van der Waals surface area contributed by atoms with Crippen LogP contribution in [0.15, 0.2) is 42.6 Å². The Bertz CT molecular complexity index is 1040. The third kappa shape index (κ3) is 4.14. The van der Waals surface area contributed by atoms with Crippen molar-refractivity contribution in [1.82, 2.24) is 4.98 Å². The van der Waals surface area contributed by atoms with Gasteiger partial charge in [-0.25, -0.2) is 0 Å². The normalized spacial score (nSPS) is 30.2. The molecule has 0 spiro atoms. The van der Waals surface area contributed by atoms with E-state index in [9.17, 15) is 9.59 Å². The monoisotopic (exact) mass is 463 g/mol. The number of carbonyl (C=O) groups is 2. The Hall–Kier alpha value is -2.69. The van der Waals surface area contributed by atoms with Crippen molar-refractivity contribution in [3.8, 4) is 11.5 Å². The smallest absolute Gasteiger partial charge is 0.184 e. The number of fused-ring (bicyclic) bond motifs is 1. The highest BCUT2D eigenvalue weighted by Crippen LogP contribution is 2.63. The molecular formula is C29H37NO4. The first kappa shape index (κ1) is 24.4. The highest BCUT2D eigenvalue weighted by Gasteiger charge is 2.59. The molecule has 2 aliphatic rings. The summed E-state index contributed by atoms with van der Waals surface area (Å²) in [6.07, 6.45) is 5.66. The Labute approximate surface area is 203 Å². The molecule has 2 aromatic rings. The fraction of sp³-hybridized carbons (Fsp3) is 0.552. The van der Waals surface area contributed by atoms with Crippen LogP contribution in [0.2, 0.25) is 0 Å². The van der Waals surface area contributed by atoms with Crippen molar-refractivity contribution in [2.24, 2.45) is 34.5 Å². The van der Waals surface area contributed by atoms with E-state index in [1.807, 2.05) is 12.1 Å². The molecule has 4 unspecified atom stereocenters. The van der Waals surface area contributed by atoms with Gasteiger partial charge in [0.25, 0.3) is 0 Å². The van der Waals surface area contributed by atoms with Crippen LogP contribution in [0.4, 0.5) is 0 Å². The van der Waals surface area contributed by atoms with Gasteiger partial charge in [-0.3, -0.25) is 14.6 Å². The molecule has 1 aromatic carbocycles. The molecule has 4 rings (SSSR count). The number of methoxy groups -OCH3 is 2. The number of Topliss-reactive ketones (excluding diaryl/α,β-unsaturated/α-hetero) is 2. The van der Waals surface area contributed by atoms with E-state index in [0.29, 0.717) is 22.8 Å². The Morgan fingerprint density at radius 3 is 2.24 bits per heavy atom. The second kappa shape index (κ2) is 9.16. The van der Waals surface area contributed by atoms with E-state index in [2.05, 4.69) is 32.7 Å². The van der Waals surface area contributed by atoms with E-state index in [4.69, 9.17) is 9.47 Å². The number of nitrogens with zero attached hydrogens (tertiary/aromatic N) is 1. The van der Waals surface area contributed by atoms with Gasteiger partial charge >= 0.3 is 0 Å². The number of rotatable bonds is 6. The summed E-state index contributed by atoms with van der Waals surface area (Å²) >= 11 is 0. The van der Waals surface area contributed by atoms with Crippen molar-refractivity contribution in [2.75, 3.05) is 14.2 Å². The first-order valence-electron chi connectivity index (χ1n) is 12.3. The molecule has 0 saturated heterocycles. The Morgan fingerprint density at radius 1 is 0.971 bits per heavy atom. The fourth-order valence-corrected chi connectivity index (χ4v) is 7.14. The van der Waals surface area contributed by atoms with Gasteiger partial charge in [-0.2, -0.15) is 0 Å². The van der Waals surface area contributed by atoms with Gasteiger partial charge in [-0.05, 0) is 66.2 Å². The van der Waals surface area contributed by atoms with Gasteiger partial charge in [0.15, 0.2) is 11.6 Å². The van der Waals surface area contributed by atoms with Crippen molar-refractivity contribution in [1.29, 1.82) is 0 Å². The molecule has 5 nitrogen and oxygen atoms in total. The average molecular weight is 464 g/mol. The van der Waals surface area contributed by atoms with E-state index in [-0.39, 0.29) is 46.1 Å². The molecule has 2 aliphatic carbocycles. The highest BCUT2D eigenvalue weighted by atomic mass is 16.5. The molecule has 2 saturated carbocycles. The van der Waals surface area contributed by atoms with Crippen molar-refractivity contribution >= 4 is 11.6 Å². The lowest BCUT2D eigenvalue weighted by Gasteiger charge is -2.60. The molecule has 5 atom stereocenters. The number of benzene rings is 1. The third-order valence-electron chi connectivity index (χ3n) is 8.81. The zero-order valence-corrected chi connectivity index (χ0v) is 21.3. The van der Waals surface area contributed by atoms with Gasteiger partial charge < -0.3 is 9.47 Å². The second-order valence-corrected chi connectivity index (χ2v) is 11.1. The second-order valence-electron chi connectivity index (χ2n) is 11.1. The summed E-state index contributed by atoms with van der Waals surface area (Å²) in [6, 6.07) is 10.8. The molecule has 34 heavy (non-hydrogen) atoms. The van der Waals surface area contributed by atoms with Crippen molar-refractivity contribution in [2.45, 2.75) is 53.4 Å². The molecule has 2 fully saturated rings. The Morgan fingerprint density at radius 2 is 1.65 bits per heavy atom. The van der Waals surface area contributed by atoms with Gasteiger partial charge in [0, 0.05) is 29.7 Å². The summed E-state index contributed by atoms with van der Waals surface area (Å²) in [6.45, 7) is 9.00. The van der Waals surface area contributed by atoms with Crippen LogP contribution in [0.3, 0.4) is 0 Å². The van der Waals surface area contributed by atoms with Crippen LogP contribution in [-0.4, -0.2) is 30.8 Å². The van der Waals surface area contributed by atoms with Crippen LogP contribution in [0.25, 0.3) is 0 Å². The molecule has 0 radical (unpaired) electrons. The predicted octanol–water partition coefficient (Wildman–Crippen LogP) is 6.27. The predicted molar refractivity (Wildman–Crippen MR) is 132 cm³/mol. The highest BCUT2D eigenvalue weighted by molar-refractivity contribution is 6.01. The minimum atomic E-state index is -0.278. The minimum Gasteiger partial charge on any atom is -0.497 e. The minimum absolute atomic E-state index is 0.0533. The molecule has 1 aromatic heterocycles. The van der Waals surface area contributed by atoms with Crippen molar-refractivity contribution in [3.05, 3.63) is 53.9 Å². The molecule has 1 heterocycles. The maximum Gasteiger partial charge on any atom is 0.184 e. The van der Waals surface area contributed by atoms with Gasteiger partial charge in [0.2, 0.25) is 0 Å². The quantitative estimate of drug-likeness (QED) is 0.473. The van der Waals surface area contributed by atoms with Crippen LogP contribution in [0.1, 0.15) is 74.2 Å². The molecule has 5 heteroatoms. The van der Waals surface area contributed by atoms with Crippen molar-refractivity contribution < 1.29 is 19.1 Å². The number of aromatic nitrogens is 1. The number of ether oxygens (including phenoxy) is 2. The molecule has 182 valence electrons. The van der Waals surface area contributed by atoms with Crippen molar-refractivity contribution in [3.63, 3.8) is 0 Å². The van der Waals surface area contributed by atoms with E-state index in [1.54, 1.807) is 44.7 Å². The standard InChI is InChI=1S/C29H37NO4/c1-18-22(27(32)23-10-7-8-13-30-23)17-24-28(2,3)11-9-12-29(24,4)25(18)26(31)19-14-20(33-5)16-21(15-19)34-6/h7-8,10,13-16,18,22,24-25H,9,11-12,17H2,1-6H3/t18-,22?,24?,25?,29?/m1/s1. The summed E-state index contributed by atoms with van der Waals surface area (Å²) in [5, 5.41) is 0. The molecule has 0 amide bonds. The SMILES string of the molecule is COc1cc(OC)cc(C(=O)C2[C@H](C)C(C(=O)c3ccccn3)CC3C(C)(C)CCCC23C)c1. The summed E-state index contributed by atoms with van der Waals surface area (Å²) in [7, 11) is 3.18. The summed E-state index contributed by atoms with van der Waals surface area (Å²) in [4.78, 5) is 32.3. The fourth-order valence-electron chi connectivity index (χ4n) is 7.14. The lowest BCUT2D eigenvalue weighted by Crippen LogP contribution is -2.57. The number of hydrogen-bond donors (Lipinski definition) is 0. The third-order valence-corrected chi connectivity index (χ3v) is 8.81. The maximum absolute atomic E-state index is 14.3. The zero-order chi connectivity index (χ0) is 24.7.